The third kappa shape index (κ3) is 4.80. The Morgan fingerprint density at radius 2 is 1.80 bits per heavy atom. The first kappa shape index (κ1) is 21.8. The molecule has 3 atom stereocenters. The first-order valence-electron chi connectivity index (χ1n) is 9.35. The minimum Gasteiger partial charge on any atom is -0.456 e. The van der Waals surface area contributed by atoms with Crippen molar-refractivity contribution in [2.24, 2.45) is 17.3 Å². The summed E-state index contributed by atoms with van der Waals surface area (Å²) in [5.74, 6) is -3.75. The van der Waals surface area contributed by atoms with Gasteiger partial charge in [0, 0.05) is 6.07 Å². The van der Waals surface area contributed by atoms with E-state index in [1.54, 1.807) is 51.1 Å². The molecule has 1 aromatic heterocycles. The van der Waals surface area contributed by atoms with Crippen LogP contribution in [0.25, 0.3) is 0 Å². The fourth-order valence-electron chi connectivity index (χ4n) is 3.32. The van der Waals surface area contributed by atoms with Crippen LogP contribution < -0.4 is 4.74 Å². The van der Waals surface area contributed by atoms with Gasteiger partial charge in [-0.3, -0.25) is 4.79 Å². The van der Waals surface area contributed by atoms with Crippen LogP contribution in [0.3, 0.4) is 0 Å². The van der Waals surface area contributed by atoms with E-state index < -0.39 is 41.3 Å². The molecule has 2 aromatic rings. The first-order valence-corrected chi connectivity index (χ1v) is 9.35. The highest BCUT2D eigenvalue weighted by atomic mass is 19.4. The minimum atomic E-state index is -5.07. The zero-order valence-corrected chi connectivity index (χ0v) is 16.6. The minimum absolute atomic E-state index is 0.307. The molecule has 30 heavy (non-hydrogen) atoms. The summed E-state index contributed by atoms with van der Waals surface area (Å²) in [7, 11) is 0. The number of benzene rings is 1. The van der Waals surface area contributed by atoms with Crippen molar-refractivity contribution < 1.29 is 31.8 Å². The van der Waals surface area contributed by atoms with Crippen LogP contribution in [-0.2, 0) is 9.53 Å². The third-order valence-electron chi connectivity index (χ3n) is 5.18. The van der Waals surface area contributed by atoms with Crippen LogP contribution in [0, 0.1) is 17.3 Å². The molecule has 1 unspecified atom stereocenters. The average Bonchev–Trinajstić information content (AvgIpc) is 3.22. The van der Waals surface area contributed by atoms with Gasteiger partial charge in [0.1, 0.15) is 11.9 Å². The molecule has 8 heteroatoms. The average molecular weight is 423 g/mol. The smallest absolute Gasteiger partial charge is 0.442 e. The molecule has 0 aliphatic heterocycles. The van der Waals surface area contributed by atoms with E-state index >= 15 is 0 Å². The Balaban J connectivity index is 1.67. The Kier molecular flexibility index (Phi) is 5.87. The van der Waals surface area contributed by atoms with Gasteiger partial charge in [-0.05, 0) is 42.5 Å². The largest absolute Gasteiger partial charge is 0.456 e. The topological polar surface area (TPSA) is 48.4 Å². The Labute approximate surface area is 171 Å². The summed E-state index contributed by atoms with van der Waals surface area (Å²) in [6.45, 7) is 4.80. The normalized spacial score (nSPS) is 21.6. The number of allylic oxidation sites excluding steroid dienone is 2. The monoisotopic (exact) mass is 423 g/mol. The summed E-state index contributed by atoms with van der Waals surface area (Å²) in [5.41, 5.74) is -0.408. The van der Waals surface area contributed by atoms with Crippen LogP contribution in [0.4, 0.5) is 17.6 Å². The van der Waals surface area contributed by atoms with Crippen LogP contribution in [0.15, 0.2) is 60.4 Å². The molecule has 0 amide bonds. The number of carbonyl (C=O) groups excluding carboxylic acids is 1. The fraction of sp³-hybridized carbons (Fsp3) is 0.364. The fourth-order valence-corrected chi connectivity index (χ4v) is 3.32. The Morgan fingerprint density at radius 1 is 1.13 bits per heavy atom. The summed E-state index contributed by atoms with van der Waals surface area (Å²) in [4.78, 5) is 16.8. The summed E-state index contributed by atoms with van der Waals surface area (Å²) in [6.07, 6.45) is -5.36. The summed E-state index contributed by atoms with van der Waals surface area (Å²) < 4.78 is 61.7. The molecule has 3 rings (SSSR count). The van der Waals surface area contributed by atoms with Crippen molar-refractivity contribution in [3.63, 3.8) is 0 Å². The van der Waals surface area contributed by atoms with Gasteiger partial charge in [-0.15, -0.1) is 0 Å². The van der Waals surface area contributed by atoms with E-state index in [0.717, 1.165) is 0 Å². The van der Waals surface area contributed by atoms with Gasteiger partial charge < -0.3 is 9.47 Å². The number of hydrogen-bond acceptors (Lipinski definition) is 4. The van der Waals surface area contributed by atoms with Crippen LogP contribution in [-0.4, -0.2) is 17.1 Å². The van der Waals surface area contributed by atoms with E-state index in [1.165, 1.54) is 0 Å². The van der Waals surface area contributed by atoms with Crippen molar-refractivity contribution in [2.75, 3.05) is 0 Å². The quantitative estimate of drug-likeness (QED) is 0.412. The Hall–Kier alpha value is -2.90. The van der Waals surface area contributed by atoms with Crippen molar-refractivity contribution in [3.8, 4) is 11.6 Å². The second-order valence-electron chi connectivity index (χ2n) is 7.73. The van der Waals surface area contributed by atoms with Crippen LogP contribution >= 0.6 is 0 Å². The van der Waals surface area contributed by atoms with Crippen molar-refractivity contribution in [1.82, 2.24) is 4.98 Å². The molecule has 0 radical (unpaired) electrons. The second kappa shape index (κ2) is 8.08. The maximum Gasteiger partial charge on any atom is 0.442 e. The maximum atomic E-state index is 13.3. The van der Waals surface area contributed by atoms with E-state index in [-0.39, 0.29) is 0 Å². The lowest BCUT2D eigenvalue weighted by Crippen LogP contribution is -2.14. The summed E-state index contributed by atoms with van der Waals surface area (Å²) in [6, 6.07) is 14.0. The number of alkyl halides is 3. The second-order valence-corrected chi connectivity index (χ2v) is 7.73. The zero-order valence-electron chi connectivity index (χ0n) is 16.6. The molecule has 1 heterocycles. The van der Waals surface area contributed by atoms with Gasteiger partial charge in [0.05, 0.1) is 11.6 Å². The number of para-hydroxylation sites is 1. The number of esters is 1. The van der Waals surface area contributed by atoms with Crippen molar-refractivity contribution in [2.45, 2.75) is 33.1 Å². The van der Waals surface area contributed by atoms with Gasteiger partial charge in [-0.1, -0.05) is 38.1 Å². The molecule has 1 aromatic carbocycles. The van der Waals surface area contributed by atoms with Gasteiger partial charge in [0.25, 0.3) is 0 Å². The zero-order chi connectivity index (χ0) is 22.1. The number of aromatic nitrogens is 1. The molecule has 0 N–H and O–H groups in total. The third-order valence-corrected chi connectivity index (χ3v) is 5.18. The van der Waals surface area contributed by atoms with E-state index in [1.807, 2.05) is 18.2 Å². The predicted octanol–water partition coefficient (Wildman–Crippen LogP) is 6.17. The van der Waals surface area contributed by atoms with Crippen molar-refractivity contribution in [1.29, 1.82) is 0 Å². The summed E-state index contributed by atoms with van der Waals surface area (Å²) >= 11 is 0. The van der Waals surface area contributed by atoms with Gasteiger partial charge in [0.15, 0.2) is 5.83 Å². The van der Waals surface area contributed by atoms with E-state index in [2.05, 4.69) is 4.98 Å². The molecule has 0 bridgehead atoms. The number of ether oxygens (including phenoxy) is 2. The number of rotatable bonds is 6. The maximum absolute atomic E-state index is 13.3. The standard InChI is InChI=1S/C22H21F4NO3/c1-13(16-10-7-11-18(27-16)30-14-8-5-4-6-9-14)29-20(28)19-15(21(19,2)3)12-17(23)22(24,25)26/h4-13,15,19H,1-3H3/b17-12-/t13?,15-,19-/m1/s1. The number of hydrogen-bond donors (Lipinski definition) is 0. The Morgan fingerprint density at radius 3 is 2.43 bits per heavy atom. The molecule has 1 fully saturated rings. The highest BCUT2D eigenvalue weighted by Crippen LogP contribution is 2.60. The number of pyridine rings is 1. The predicted molar refractivity (Wildman–Crippen MR) is 101 cm³/mol. The molecular weight excluding hydrogens is 402 g/mol. The lowest BCUT2D eigenvalue weighted by Gasteiger charge is -2.14. The van der Waals surface area contributed by atoms with Crippen molar-refractivity contribution >= 4 is 5.97 Å². The molecule has 1 aliphatic carbocycles. The van der Waals surface area contributed by atoms with Crippen molar-refractivity contribution in [3.05, 3.63) is 66.1 Å². The summed E-state index contributed by atoms with van der Waals surface area (Å²) in [5, 5.41) is 0. The van der Waals surface area contributed by atoms with Crippen LogP contribution in [0.2, 0.25) is 0 Å². The highest BCUT2D eigenvalue weighted by molar-refractivity contribution is 5.78. The van der Waals surface area contributed by atoms with Gasteiger partial charge in [-0.25, -0.2) is 9.37 Å². The van der Waals surface area contributed by atoms with E-state index in [9.17, 15) is 22.4 Å². The molecule has 1 saturated carbocycles. The highest BCUT2D eigenvalue weighted by Gasteiger charge is 2.62. The van der Waals surface area contributed by atoms with E-state index in [0.29, 0.717) is 23.4 Å². The first-order chi connectivity index (χ1) is 14.0. The number of halogens is 4. The molecule has 1 aliphatic rings. The van der Waals surface area contributed by atoms with Gasteiger partial charge in [0.2, 0.25) is 5.88 Å². The molecule has 160 valence electrons. The lowest BCUT2D eigenvalue weighted by atomic mass is 10.1. The van der Waals surface area contributed by atoms with Crippen LogP contribution in [0.1, 0.15) is 32.6 Å². The Bertz CT molecular complexity index is 941. The van der Waals surface area contributed by atoms with E-state index in [4.69, 9.17) is 9.47 Å². The van der Waals surface area contributed by atoms with Gasteiger partial charge in [-0.2, -0.15) is 13.2 Å². The van der Waals surface area contributed by atoms with Gasteiger partial charge >= 0.3 is 12.1 Å². The molecular formula is C22H21F4NO3. The molecule has 4 nitrogen and oxygen atoms in total. The lowest BCUT2D eigenvalue weighted by molar-refractivity contribution is -0.151. The number of carbonyl (C=O) groups is 1. The SMILES string of the molecule is CC(OC(=O)[C@H]1[C@@H](/C=C(\F)C(F)(F)F)C1(C)C)c1cccc(Oc2ccccc2)n1. The molecule has 0 spiro atoms. The molecule has 0 saturated heterocycles. The van der Waals surface area contributed by atoms with Crippen LogP contribution in [0.5, 0.6) is 11.6 Å². The number of nitrogens with zero attached hydrogens (tertiary/aromatic N) is 1.